The van der Waals surface area contributed by atoms with Crippen molar-refractivity contribution in [3.05, 3.63) is 17.5 Å². The molecule has 0 spiro atoms. The van der Waals surface area contributed by atoms with Crippen molar-refractivity contribution in [2.75, 3.05) is 50.1 Å². The normalized spacial score (nSPS) is 17.6. The zero-order valence-corrected chi connectivity index (χ0v) is 16.0. The maximum absolute atomic E-state index is 12.3. The van der Waals surface area contributed by atoms with Gasteiger partial charge in [0.2, 0.25) is 26.0 Å². The van der Waals surface area contributed by atoms with Gasteiger partial charge in [0, 0.05) is 27.2 Å². The largest absolute Gasteiger partial charge is 0.301 e. The van der Waals surface area contributed by atoms with Crippen molar-refractivity contribution in [2.45, 2.75) is 6.42 Å². The van der Waals surface area contributed by atoms with Gasteiger partial charge in [0.25, 0.3) is 0 Å². The van der Waals surface area contributed by atoms with E-state index in [9.17, 15) is 21.6 Å². The summed E-state index contributed by atoms with van der Waals surface area (Å²) in [7, 11) is -4.26. The van der Waals surface area contributed by atoms with Gasteiger partial charge in [-0.15, -0.1) is 11.3 Å². The first kappa shape index (κ1) is 19.3. The Balaban J connectivity index is 1.93. The molecule has 1 aromatic rings. The predicted molar refractivity (Wildman–Crippen MR) is 94.1 cm³/mol. The standard InChI is InChI=1S/C13H21N3O5S3/c1-14(2)23(18,19)9-4-10-24(20,21)15-6-7-16(12(17)11-15)13-5-3-8-22-13/h3,5,8H,4,6-7,9-11H2,1-2H3. The van der Waals surface area contributed by atoms with Crippen LogP contribution in [-0.2, 0) is 24.8 Å². The highest BCUT2D eigenvalue weighted by atomic mass is 32.2. The summed E-state index contributed by atoms with van der Waals surface area (Å²) in [4.78, 5) is 13.8. The Morgan fingerprint density at radius 2 is 1.88 bits per heavy atom. The molecule has 1 aliphatic rings. The second-order valence-electron chi connectivity index (χ2n) is 5.60. The topological polar surface area (TPSA) is 95.1 Å². The molecule has 0 bridgehead atoms. The minimum Gasteiger partial charge on any atom is -0.301 e. The Labute approximate surface area is 146 Å². The molecule has 0 N–H and O–H groups in total. The number of rotatable bonds is 7. The van der Waals surface area contributed by atoms with Gasteiger partial charge in [0.1, 0.15) is 0 Å². The summed E-state index contributed by atoms with van der Waals surface area (Å²) in [6.07, 6.45) is 0.00216. The summed E-state index contributed by atoms with van der Waals surface area (Å²) < 4.78 is 50.2. The summed E-state index contributed by atoms with van der Waals surface area (Å²) in [6, 6.07) is 3.65. The minimum atomic E-state index is -3.65. The Morgan fingerprint density at radius 1 is 1.17 bits per heavy atom. The molecule has 8 nitrogen and oxygen atoms in total. The van der Waals surface area contributed by atoms with E-state index in [2.05, 4.69) is 0 Å². The number of anilines is 1. The molecule has 2 rings (SSSR count). The fourth-order valence-corrected chi connectivity index (χ4v) is 5.55. The number of carbonyl (C=O) groups excluding carboxylic acids is 1. The highest BCUT2D eigenvalue weighted by Crippen LogP contribution is 2.24. The van der Waals surface area contributed by atoms with Crippen LogP contribution in [0.3, 0.4) is 0 Å². The average Bonchev–Trinajstić information content (AvgIpc) is 3.00. The van der Waals surface area contributed by atoms with Crippen LogP contribution in [0.4, 0.5) is 5.00 Å². The summed E-state index contributed by atoms with van der Waals surface area (Å²) >= 11 is 1.43. The first-order valence-electron chi connectivity index (χ1n) is 7.35. The van der Waals surface area contributed by atoms with Gasteiger partial charge in [-0.05, 0) is 23.9 Å². The number of piperazine rings is 1. The fraction of sp³-hybridized carbons (Fsp3) is 0.615. The molecule has 0 saturated carbocycles. The monoisotopic (exact) mass is 395 g/mol. The van der Waals surface area contributed by atoms with Crippen LogP contribution < -0.4 is 4.90 Å². The molecular formula is C13H21N3O5S3. The molecule has 0 unspecified atom stereocenters. The summed E-state index contributed by atoms with van der Waals surface area (Å²) in [6.45, 7) is 0.307. The van der Waals surface area contributed by atoms with Gasteiger partial charge in [0.05, 0.1) is 23.1 Å². The molecule has 136 valence electrons. The van der Waals surface area contributed by atoms with Gasteiger partial charge in [-0.25, -0.2) is 21.1 Å². The number of amides is 1. The number of thiophene rings is 1. The van der Waals surface area contributed by atoms with Crippen LogP contribution in [0.25, 0.3) is 0 Å². The van der Waals surface area contributed by atoms with E-state index in [0.29, 0.717) is 6.54 Å². The van der Waals surface area contributed by atoms with Crippen LogP contribution in [0.1, 0.15) is 6.42 Å². The van der Waals surface area contributed by atoms with Crippen LogP contribution in [0.15, 0.2) is 17.5 Å². The number of hydrogen-bond acceptors (Lipinski definition) is 6. The van der Waals surface area contributed by atoms with Crippen molar-refractivity contribution in [1.82, 2.24) is 8.61 Å². The van der Waals surface area contributed by atoms with Gasteiger partial charge in [0.15, 0.2) is 0 Å². The third kappa shape index (κ3) is 4.54. The minimum absolute atomic E-state index is 0.00216. The van der Waals surface area contributed by atoms with E-state index < -0.39 is 20.0 Å². The van der Waals surface area contributed by atoms with Crippen LogP contribution in [-0.4, -0.2) is 76.6 Å². The third-order valence-electron chi connectivity index (χ3n) is 3.71. The molecule has 1 aromatic heterocycles. The molecule has 0 radical (unpaired) electrons. The van der Waals surface area contributed by atoms with Crippen molar-refractivity contribution in [1.29, 1.82) is 0 Å². The van der Waals surface area contributed by atoms with Crippen molar-refractivity contribution >= 4 is 42.3 Å². The lowest BCUT2D eigenvalue weighted by molar-refractivity contribution is -0.119. The average molecular weight is 396 g/mol. The Morgan fingerprint density at radius 3 is 2.42 bits per heavy atom. The van der Waals surface area contributed by atoms with Gasteiger partial charge in [-0.2, -0.15) is 4.31 Å². The predicted octanol–water partition coefficient (Wildman–Crippen LogP) is 0.00800. The molecule has 0 aliphatic carbocycles. The van der Waals surface area contributed by atoms with E-state index in [1.54, 1.807) is 4.90 Å². The van der Waals surface area contributed by atoms with E-state index in [0.717, 1.165) is 13.6 Å². The summed E-state index contributed by atoms with van der Waals surface area (Å²) in [5, 5.41) is 2.66. The van der Waals surface area contributed by atoms with Crippen molar-refractivity contribution in [3.8, 4) is 0 Å². The van der Waals surface area contributed by atoms with Crippen molar-refractivity contribution in [2.24, 2.45) is 0 Å². The van der Waals surface area contributed by atoms with Crippen molar-refractivity contribution < 1.29 is 21.6 Å². The molecule has 2 heterocycles. The SMILES string of the molecule is CN(C)S(=O)(=O)CCCS(=O)(=O)N1CCN(c2cccs2)C(=O)C1. The molecule has 1 saturated heterocycles. The van der Waals surface area contributed by atoms with Gasteiger partial charge in [-0.3, -0.25) is 4.79 Å². The summed E-state index contributed by atoms with van der Waals surface area (Å²) in [5.74, 6) is -0.789. The summed E-state index contributed by atoms with van der Waals surface area (Å²) in [5.41, 5.74) is 0. The zero-order valence-electron chi connectivity index (χ0n) is 13.6. The lowest BCUT2D eigenvalue weighted by Crippen LogP contribution is -2.52. The number of hydrogen-bond donors (Lipinski definition) is 0. The van der Waals surface area contributed by atoms with Crippen LogP contribution in [0.5, 0.6) is 0 Å². The van der Waals surface area contributed by atoms with Gasteiger partial charge in [-0.1, -0.05) is 0 Å². The van der Waals surface area contributed by atoms with E-state index in [-0.39, 0.29) is 36.9 Å². The first-order chi connectivity index (χ1) is 11.1. The van der Waals surface area contributed by atoms with E-state index >= 15 is 0 Å². The molecule has 1 amide bonds. The number of nitrogens with zero attached hydrogens (tertiary/aromatic N) is 3. The lowest BCUT2D eigenvalue weighted by Gasteiger charge is -2.32. The Bertz CT molecular complexity index is 772. The molecule has 11 heteroatoms. The fourth-order valence-electron chi connectivity index (χ4n) is 2.28. The smallest absolute Gasteiger partial charge is 0.242 e. The van der Waals surface area contributed by atoms with Crippen molar-refractivity contribution in [3.63, 3.8) is 0 Å². The molecule has 0 aromatic carbocycles. The Hall–Kier alpha value is -1.01. The number of sulfonamides is 2. The number of carbonyl (C=O) groups is 1. The molecule has 24 heavy (non-hydrogen) atoms. The van der Waals surface area contributed by atoms with Crippen LogP contribution in [0.2, 0.25) is 0 Å². The lowest BCUT2D eigenvalue weighted by atomic mass is 10.3. The molecule has 0 atom stereocenters. The Kier molecular flexibility index (Phi) is 6.02. The first-order valence-corrected chi connectivity index (χ1v) is 11.5. The van der Waals surface area contributed by atoms with Crippen LogP contribution in [0, 0.1) is 0 Å². The third-order valence-corrected chi connectivity index (χ3v) is 8.42. The highest BCUT2D eigenvalue weighted by molar-refractivity contribution is 7.90. The molecule has 1 aliphatic heterocycles. The van der Waals surface area contributed by atoms with Crippen LogP contribution >= 0.6 is 11.3 Å². The molecular weight excluding hydrogens is 374 g/mol. The van der Waals surface area contributed by atoms with E-state index in [1.807, 2.05) is 17.5 Å². The van der Waals surface area contributed by atoms with E-state index in [4.69, 9.17) is 0 Å². The highest BCUT2D eigenvalue weighted by Gasteiger charge is 2.32. The quantitative estimate of drug-likeness (QED) is 0.648. The second kappa shape index (κ2) is 7.48. The van der Waals surface area contributed by atoms with Gasteiger partial charge < -0.3 is 4.90 Å². The maximum Gasteiger partial charge on any atom is 0.242 e. The maximum atomic E-state index is 12.3. The van der Waals surface area contributed by atoms with E-state index in [1.165, 1.54) is 25.4 Å². The zero-order chi connectivity index (χ0) is 18.0. The van der Waals surface area contributed by atoms with Gasteiger partial charge >= 0.3 is 0 Å². The second-order valence-corrected chi connectivity index (χ2v) is 10.9. The molecule has 1 fully saturated rings.